The van der Waals surface area contributed by atoms with Crippen molar-refractivity contribution in [1.82, 2.24) is 4.98 Å². The van der Waals surface area contributed by atoms with Crippen LogP contribution in [0, 0.1) is 6.92 Å². The molecule has 0 atom stereocenters. The predicted octanol–water partition coefficient (Wildman–Crippen LogP) is 5.20. The molecule has 3 heteroatoms. The number of anilines is 2. The Kier molecular flexibility index (Phi) is 4.04. The van der Waals surface area contributed by atoms with Crippen molar-refractivity contribution in [3.63, 3.8) is 0 Å². The molecule has 0 bridgehead atoms. The molecule has 112 valence electrons. The standard InChI is InChI=1S/C19H18N2.ClH/c1-13-9-11-14(12-10-13)20-19-15-5-2-3-7-17(15)21-18-8-4-6-16(18)19;/h2-3,5,7,9-12H,4,6,8H2,1H3,(H,20,21);1H. The molecular weight excluding hydrogens is 292 g/mol. The lowest BCUT2D eigenvalue weighted by Crippen LogP contribution is -1.99. The second-order valence-corrected chi connectivity index (χ2v) is 5.77. The average Bonchev–Trinajstić information content (AvgIpc) is 2.97. The number of aromatic nitrogens is 1. The first kappa shape index (κ1) is 14.9. The van der Waals surface area contributed by atoms with Gasteiger partial charge in [0.25, 0.3) is 0 Å². The number of benzene rings is 2. The summed E-state index contributed by atoms with van der Waals surface area (Å²) in [6.07, 6.45) is 3.44. The molecule has 1 heterocycles. The lowest BCUT2D eigenvalue weighted by atomic mass is 10.1. The van der Waals surface area contributed by atoms with E-state index in [9.17, 15) is 0 Å². The van der Waals surface area contributed by atoms with Crippen LogP contribution in [0.4, 0.5) is 11.4 Å². The fourth-order valence-electron chi connectivity index (χ4n) is 3.13. The molecule has 1 N–H and O–H groups in total. The Bertz CT molecular complexity index is 810. The van der Waals surface area contributed by atoms with Crippen LogP contribution in [0.15, 0.2) is 48.5 Å². The van der Waals surface area contributed by atoms with E-state index in [1.54, 1.807) is 0 Å². The number of fused-ring (bicyclic) bond motifs is 2. The highest BCUT2D eigenvalue weighted by atomic mass is 35.5. The summed E-state index contributed by atoms with van der Waals surface area (Å²) < 4.78 is 0. The Morgan fingerprint density at radius 3 is 2.55 bits per heavy atom. The predicted molar refractivity (Wildman–Crippen MR) is 95.5 cm³/mol. The summed E-state index contributed by atoms with van der Waals surface area (Å²) in [6, 6.07) is 17.0. The number of hydrogen-bond acceptors (Lipinski definition) is 2. The van der Waals surface area contributed by atoms with Crippen molar-refractivity contribution >= 4 is 34.7 Å². The number of pyridine rings is 1. The largest absolute Gasteiger partial charge is 0.355 e. The maximum absolute atomic E-state index is 4.83. The summed E-state index contributed by atoms with van der Waals surface area (Å²) in [7, 11) is 0. The van der Waals surface area contributed by atoms with Gasteiger partial charge in [-0.2, -0.15) is 0 Å². The molecule has 0 unspecified atom stereocenters. The van der Waals surface area contributed by atoms with E-state index in [2.05, 4.69) is 60.8 Å². The van der Waals surface area contributed by atoms with Crippen LogP contribution in [0.2, 0.25) is 0 Å². The van der Waals surface area contributed by atoms with E-state index in [0.29, 0.717) is 0 Å². The third-order valence-corrected chi connectivity index (χ3v) is 4.24. The summed E-state index contributed by atoms with van der Waals surface area (Å²) in [6.45, 7) is 2.11. The molecule has 2 aromatic carbocycles. The van der Waals surface area contributed by atoms with Crippen molar-refractivity contribution in [3.8, 4) is 0 Å². The average molecular weight is 311 g/mol. The molecular formula is C19H19ClN2. The Morgan fingerprint density at radius 1 is 0.955 bits per heavy atom. The van der Waals surface area contributed by atoms with Gasteiger partial charge in [-0.1, -0.05) is 35.9 Å². The van der Waals surface area contributed by atoms with Crippen molar-refractivity contribution in [2.24, 2.45) is 0 Å². The Labute approximate surface area is 137 Å². The molecule has 2 nitrogen and oxygen atoms in total. The van der Waals surface area contributed by atoms with Gasteiger partial charge >= 0.3 is 0 Å². The molecule has 1 aliphatic rings. The normalized spacial score (nSPS) is 12.8. The van der Waals surface area contributed by atoms with Gasteiger partial charge < -0.3 is 5.32 Å². The van der Waals surface area contributed by atoms with Crippen LogP contribution in [-0.4, -0.2) is 4.98 Å². The quantitative estimate of drug-likeness (QED) is 0.704. The van der Waals surface area contributed by atoms with Gasteiger partial charge in [-0.15, -0.1) is 12.4 Å². The van der Waals surface area contributed by atoms with Crippen LogP contribution in [0.5, 0.6) is 0 Å². The smallest absolute Gasteiger partial charge is 0.0726 e. The number of aryl methyl sites for hydroxylation is 2. The van der Waals surface area contributed by atoms with Gasteiger partial charge in [0, 0.05) is 16.8 Å². The van der Waals surface area contributed by atoms with Gasteiger partial charge in [0.05, 0.1) is 11.2 Å². The molecule has 0 saturated carbocycles. The van der Waals surface area contributed by atoms with Gasteiger partial charge in [0.15, 0.2) is 0 Å². The van der Waals surface area contributed by atoms with Crippen molar-refractivity contribution in [1.29, 1.82) is 0 Å². The first-order chi connectivity index (χ1) is 10.3. The van der Waals surface area contributed by atoms with Crippen LogP contribution in [0.25, 0.3) is 10.9 Å². The molecule has 0 amide bonds. The lowest BCUT2D eigenvalue weighted by Gasteiger charge is -2.15. The highest BCUT2D eigenvalue weighted by Gasteiger charge is 2.19. The van der Waals surface area contributed by atoms with Gasteiger partial charge in [-0.25, -0.2) is 0 Å². The summed E-state index contributed by atoms with van der Waals surface area (Å²) in [5, 5.41) is 4.86. The third-order valence-electron chi connectivity index (χ3n) is 4.24. The second-order valence-electron chi connectivity index (χ2n) is 5.77. The first-order valence-electron chi connectivity index (χ1n) is 7.55. The van der Waals surface area contributed by atoms with Crippen molar-refractivity contribution < 1.29 is 0 Å². The van der Waals surface area contributed by atoms with Gasteiger partial charge in [-0.05, 0) is 49.9 Å². The lowest BCUT2D eigenvalue weighted by molar-refractivity contribution is 0.901. The molecule has 4 rings (SSSR count). The van der Waals surface area contributed by atoms with E-state index in [1.807, 2.05) is 0 Å². The van der Waals surface area contributed by atoms with Crippen molar-refractivity contribution in [3.05, 3.63) is 65.4 Å². The van der Waals surface area contributed by atoms with Crippen LogP contribution >= 0.6 is 12.4 Å². The van der Waals surface area contributed by atoms with E-state index in [4.69, 9.17) is 4.98 Å². The monoisotopic (exact) mass is 310 g/mol. The zero-order valence-electron chi connectivity index (χ0n) is 12.6. The van der Waals surface area contributed by atoms with E-state index in [1.165, 1.54) is 34.3 Å². The van der Waals surface area contributed by atoms with Gasteiger partial charge in [-0.3, -0.25) is 4.98 Å². The number of halogens is 1. The van der Waals surface area contributed by atoms with Crippen molar-refractivity contribution in [2.75, 3.05) is 5.32 Å². The number of nitrogens with one attached hydrogen (secondary N) is 1. The molecule has 0 radical (unpaired) electrons. The molecule has 1 aromatic heterocycles. The number of hydrogen-bond donors (Lipinski definition) is 1. The van der Waals surface area contributed by atoms with E-state index >= 15 is 0 Å². The minimum absolute atomic E-state index is 0. The number of nitrogens with zero attached hydrogens (tertiary/aromatic N) is 1. The highest BCUT2D eigenvalue weighted by Crippen LogP contribution is 2.35. The van der Waals surface area contributed by atoms with Gasteiger partial charge in [0.2, 0.25) is 0 Å². The van der Waals surface area contributed by atoms with Crippen LogP contribution in [0.3, 0.4) is 0 Å². The third kappa shape index (κ3) is 2.55. The molecule has 1 aliphatic carbocycles. The van der Waals surface area contributed by atoms with Crippen molar-refractivity contribution in [2.45, 2.75) is 26.2 Å². The van der Waals surface area contributed by atoms with E-state index in [0.717, 1.165) is 24.0 Å². The van der Waals surface area contributed by atoms with Gasteiger partial charge in [0.1, 0.15) is 0 Å². The van der Waals surface area contributed by atoms with Crippen LogP contribution < -0.4 is 5.32 Å². The maximum Gasteiger partial charge on any atom is 0.0726 e. The Morgan fingerprint density at radius 2 is 1.73 bits per heavy atom. The summed E-state index contributed by atoms with van der Waals surface area (Å²) >= 11 is 0. The highest BCUT2D eigenvalue weighted by molar-refractivity contribution is 5.95. The molecule has 3 aromatic rings. The van der Waals surface area contributed by atoms with E-state index < -0.39 is 0 Å². The molecule has 22 heavy (non-hydrogen) atoms. The Hall–Kier alpha value is -2.06. The fourth-order valence-corrected chi connectivity index (χ4v) is 3.13. The SMILES string of the molecule is Cc1ccc(Nc2c3c(nc4ccccc24)CCC3)cc1.Cl. The van der Waals surface area contributed by atoms with E-state index in [-0.39, 0.29) is 12.4 Å². The summed E-state index contributed by atoms with van der Waals surface area (Å²) in [4.78, 5) is 4.83. The Balaban J connectivity index is 0.00000144. The molecule has 0 saturated heterocycles. The topological polar surface area (TPSA) is 24.9 Å². The summed E-state index contributed by atoms with van der Waals surface area (Å²) in [5.41, 5.74) is 7.43. The molecule has 0 spiro atoms. The zero-order chi connectivity index (χ0) is 14.2. The fraction of sp³-hybridized carbons (Fsp3) is 0.211. The number of para-hydroxylation sites is 1. The first-order valence-corrected chi connectivity index (χ1v) is 7.55. The number of rotatable bonds is 2. The second kappa shape index (κ2) is 5.98. The maximum atomic E-state index is 4.83. The summed E-state index contributed by atoms with van der Waals surface area (Å²) in [5.74, 6) is 0. The zero-order valence-corrected chi connectivity index (χ0v) is 13.4. The van der Waals surface area contributed by atoms with Crippen LogP contribution in [0.1, 0.15) is 23.2 Å². The molecule has 0 fully saturated rings. The van der Waals surface area contributed by atoms with Crippen LogP contribution in [-0.2, 0) is 12.8 Å². The minimum atomic E-state index is 0. The molecule has 0 aliphatic heterocycles. The minimum Gasteiger partial charge on any atom is -0.355 e.